The Balaban J connectivity index is 1.63. The molecule has 0 saturated heterocycles. The third-order valence-electron chi connectivity index (χ3n) is 5.45. The van der Waals surface area contributed by atoms with Crippen molar-refractivity contribution < 1.29 is 4.42 Å². The molecular formula is C24H26Cl2N4O. The maximum Gasteiger partial charge on any atom is 0.157 e. The monoisotopic (exact) mass is 456 g/mol. The van der Waals surface area contributed by atoms with Gasteiger partial charge in [-0.05, 0) is 56.7 Å². The normalized spacial score (nSPS) is 11.6. The highest BCUT2D eigenvalue weighted by Crippen LogP contribution is 2.34. The number of rotatable bonds is 9. The van der Waals surface area contributed by atoms with Gasteiger partial charge in [-0.3, -0.25) is 0 Å². The maximum absolute atomic E-state index is 6.22. The van der Waals surface area contributed by atoms with Crippen LogP contribution in [0, 0.1) is 0 Å². The third kappa shape index (κ3) is 4.95. The van der Waals surface area contributed by atoms with E-state index in [1.165, 1.54) is 0 Å². The predicted octanol–water partition coefficient (Wildman–Crippen LogP) is 6.88. The molecule has 0 spiro atoms. The summed E-state index contributed by atoms with van der Waals surface area (Å²) in [6.45, 7) is 8.46. The smallest absolute Gasteiger partial charge is 0.157 e. The van der Waals surface area contributed by atoms with Crippen LogP contribution in [-0.4, -0.2) is 41.0 Å². The molecule has 0 atom stereocenters. The molecule has 0 saturated carbocycles. The first kappa shape index (κ1) is 21.9. The van der Waals surface area contributed by atoms with Crippen molar-refractivity contribution in [3.05, 3.63) is 52.5 Å². The van der Waals surface area contributed by atoms with Gasteiger partial charge in [0.25, 0.3) is 0 Å². The summed E-state index contributed by atoms with van der Waals surface area (Å²) in [5.41, 5.74) is 2.86. The second kappa shape index (κ2) is 9.86. The molecule has 5 nitrogen and oxygen atoms in total. The van der Waals surface area contributed by atoms with Gasteiger partial charge in [-0.2, -0.15) is 0 Å². The predicted molar refractivity (Wildman–Crippen MR) is 130 cm³/mol. The third-order valence-corrected chi connectivity index (χ3v) is 6.18. The van der Waals surface area contributed by atoms with Gasteiger partial charge in [-0.1, -0.05) is 55.2 Å². The summed E-state index contributed by atoms with van der Waals surface area (Å²) in [6, 6.07) is 13.4. The average molecular weight is 457 g/mol. The lowest BCUT2D eigenvalue weighted by Gasteiger charge is -2.17. The van der Waals surface area contributed by atoms with Crippen molar-refractivity contribution >= 4 is 51.0 Å². The topological polar surface area (TPSA) is 54.2 Å². The number of halogens is 2. The van der Waals surface area contributed by atoms with E-state index in [1.807, 2.05) is 30.3 Å². The number of para-hydroxylation sites is 1. The number of hydrogen-bond acceptors (Lipinski definition) is 5. The SMILES string of the molecule is CCN(CC)CCCCNc1nc2cc(Cl)c(Cl)cc2nc1-c1cc2ccccc2o1. The zero-order chi connectivity index (χ0) is 21.8. The molecule has 0 aliphatic heterocycles. The van der Waals surface area contributed by atoms with Crippen LogP contribution < -0.4 is 5.32 Å². The molecule has 31 heavy (non-hydrogen) atoms. The highest BCUT2D eigenvalue weighted by molar-refractivity contribution is 6.42. The Morgan fingerprint density at radius 2 is 1.65 bits per heavy atom. The molecule has 2 aromatic heterocycles. The summed E-state index contributed by atoms with van der Waals surface area (Å²) in [7, 11) is 0. The number of nitrogens with one attached hydrogen (secondary N) is 1. The Hall–Kier alpha value is -2.34. The van der Waals surface area contributed by atoms with Crippen molar-refractivity contribution in [3.63, 3.8) is 0 Å². The molecule has 1 N–H and O–H groups in total. The van der Waals surface area contributed by atoms with E-state index in [4.69, 9.17) is 37.6 Å². The number of anilines is 1. The molecule has 0 bridgehead atoms. The van der Waals surface area contributed by atoms with Gasteiger partial charge in [0.15, 0.2) is 11.6 Å². The van der Waals surface area contributed by atoms with E-state index < -0.39 is 0 Å². The van der Waals surface area contributed by atoms with Gasteiger partial charge < -0.3 is 14.6 Å². The van der Waals surface area contributed by atoms with Crippen molar-refractivity contribution in [2.45, 2.75) is 26.7 Å². The molecule has 0 amide bonds. The van der Waals surface area contributed by atoms with Gasteiger partial charge >= 0.3 is 0 Å². The molecule has 0 fully saturated rings. The van der Waals surface area contributed by atoms with Crippen LogP contribution in [0.3, 0.4) is 0 Å². The second-order valence-electron chi connectivity index (χ2n) is 7.49. The van der Waals surface area contributed by atoms with E-state index in [0.29, 0.717) is 38.4 Å². The highest BCUT2D eigenvalue weighted by Gasteiger charge is 2.16. The van der Waals surface area contributed by atoms with Crippen molar-refractivity contribution in [1.29, 1.82) is 0 Å². The lowest BCUT2D eigenvalue weighted by Crippen LogP contribution is -2.24. The van der Waals surface area contributed by atoms with Crippen LogP contribution >= 0.6 is 23.2 Å². The second-order valence-corrected chi connectivity index (χ2v) is 8.30. The van der Waals surface area contributed by atoms with E-state index in [-0.39, 0.29) is 0 Å². The highest BCUT2D eigenvalue weighted by atomic mass is 35.5. The van der Waals surface area contributed by atoms with Crippen LogP contribution in [0.25, 0.3) is 33.5 Å². The molecule has 4 aromatic rings. The fourth-order valence-corrected chi connectivity index (χ4v) is 3.97. The number of aromatic nitrogens is 2. The van der Waals surface area contributed by atoms with E-state index in [9.17, 15) is 0 Å². The van der Waals surface area contributed by atoms with Gasteiger partial charge in [0.05, 0.1) is 21.1 Å². The molecule has 0 radical (unpaired) electrons. The molecule has 4 rings (SSSR count). The number of benzene rings is 2. The number of hydrogen-bond donors (Lipinski definition) is 1. The van der Waals surface area contributed by atoms with Gasteiger partial charge in [0.2, 0.25) is 0 Å². The Labute approximate surface area is 192 Å². The molecule has 162 valence electrons. The fraction of sp³-hybridized carbons (Fsp3) is 0.333. The molecule has 0 aliphatic carbocycles. The number of nitrogens with zero attached hydrogens (tertiary/aromatic N) is 3. The van der Waals surface area contributed by atoms with E-state index in [1.54, 1.807) is 12.1 Å². The summed E-state index contributed by atoms with van der Waals surface area (Å²) >= 11 is 12.4. The molecule has 7 heteroatoms. The summed E-state index contributed by atoms with van der Waals surface area (Å²) in [5.74, 6) is 1.36. The first-order valence-corrected chi connectivity index (χ1v) is 11.5. The number of unbranched alkanes of at least 4 members (excludes halogenated alkanes) is 1. The first-order chi connectivity index (χ1) is 15.1. The van der Waals surface area contributed by atoms with Gasteiger partial charge in [0, 0.05) is 11.9 Å². The Kier molecular flexibility index (Phi) is 6.96. The largest absolute Gasteiger partial charge is 0.454 e. The quantitative estimate of drug-likeness (QED) is 0.278. The van der Waals surface area contributed by atoms with Crippen LogP contribution in [0.15, 0.2) is 46.9 Å². The zero-order valence-corrected chi connectivity index (χ0v) is 19.3. The van der Waals surface area contributed by atoms with Gasteiger partial charge in [0.1, 0.15) is 11.3 Å². The summed E-state index contributed by atoms with van der Waals surface area (Å²) in [5, 5.41) is 5.41. The van der Waals surface area contributed by atoms with E-state index >= 15 is 0 Å². The average Bonchev–Trinajstić information content (AvgIpc) is 3.21. The van der Waals surface area contributed by atoms with Crippen LogP contribution in [-0.2, 0) is 0 Å². The van der Waals surface area contributed by atoms with Crippen LogP contribution in [0.1, 0.15) is 26.7 Å². The van der Waals surface area contributed by atoms with Crippen LogP contribution in [0.5, 0.6) is 0 Å². The van der Waals surface area contributed by atoms with Gasteiger partial charge in [-0.15, -0.1) is 0 Å². The van der Waals surface area contributed by atoms with Crippen LogP contribution in [0.2, 0.25) is 10.0 Å². The van der Waals surface area contributed by atoms with Crippen LogP contribution in [0.4, 0.5) is 5.82 Å². The van der Waals surface area contributed by atoms with E-state index in [2.05, 4.69) is 24.1 Å². The lowest BCUT2D eigenvalue weighted by atomic mass is 10.2. The van der Waals surface area contributed by atoms with Crippen molar-refractivity contribution in [1.82, 2.24) is 14.9 Å². The Bertz CT molecular complexity index is 1150. The summed E-state index contributed by atoms with van der Waals surface area (Å²) in [6.07, 6.45) is 2.16. The molecule has 2 aromatic carbocycles. The number of fused-ring (bicyclic) bond motifs is 2. The molecule has 2 heterocycles. The molecule has 0 aliphatic rings. The summed E-state index contributed by atoms with van der Waals surface area (Å²) < 4.78 is 6.08. The zero-order valence-electron chi connectivity index (χ0n) is 17.8. The first-order valence-electron chi connectivity index (χ1n) is 10.7. The standard InChI is InChI=1S/C24H26Cl2N4O/c1-3-30(4-2)12-8-7-11-27-24-23(22-13-16-9-5-6-10-21(16)31-22)28-19-14-17(25)18(26)15-20(19)29-24/h5-6,9-10,13-15H,3-4,7-8,11-12H2,1-2H3,(H,27,29). The van der Waals surface area contributed by atoms with Crippen molar-refractivity contribution in [3.8, 4) is 11.5 Å². The fourth-order valence-electron chi connectivity index (χ4n) is 3.65. The Morgan fingerprint density at radius 1 is 0.935 bits per heavy atom. The minimum Gasteiger partial charge on any atom is -0.454 e. The maximum atomic E-state index is 6.22. The van der Waals surface area contributed by atoms with Crippen molar-refractivity contribution in [2.24, 2.45) is 0 Å². The van der Waals surface area contributed by atoms with Crippen molar-refractivity contribution in [2.75, 3.05) is 31.5 Å². The lowest BCUT2D eigenvalue weighted by molar-refractivity contribution is 0.298. The van der Waals surface area contributed by atoms with E-state index in [0.717, 1.165) is 50.0 Å². The molecular weight excluding hydrogens is 431 g/mol. The Morgan fingerprint density at radius 3 is 2.35 bits per heavy atom. The number of furan rings is 1. The summed E-state index contributed by atoms with van der Waals surface area (Å²) in [4.78, 5) is 12.1. The van der Waals surface area contributed by atoms with Gasteiger partial charge in [-0.25, -0.2) is 9.97 Å². The molecule has 0 unspecified atom stereocenters. The minimum absolute atomic E-state index is 0.455. The minimum atomic E-state index is 0.455.